The molecule has 0 saturated carbocycles. The molecule has 1 aromatic heterocycles. The lowest BCUT2D eigenvalue weighted by atomic mass is 10.1. The second-order valence-electron chi connectivity index (χ2n) is 6.52. The van der Waals surface area contributed by atoms with Gasteiger partial charge in [-0.2, -0.15) is 5.48 Å². The van der Waals surface area contributed by atoms with Crippen LogP contribution in [-0.4, -0.2) is 38.1 Å². The molecule has 8 nitrogen and oxygen atoms in total. The molecule has 29 heavy (non-hydrogen) atoms. The normalized spacial score (nSPS) is 10.7. The fourth-order valence-corrected chi connectivity index (χ4v) is 3.08. The lowest BCUT2D eigenvalue weighted by Crippen LogP contribution is -2.30. The molecule has 0 radical (unpaired) electrons. The molecule has 8 heteroatoms. The first-order valence-corrected chi connectivity index (χ1v) is 9.46. The highest BCUT2D eigenvalue weighted by atomic mass is 16.6. The van der Waals surface area contributed by atoms with Gasteiger partial charge in [0.25, 0.3) is 0 Å². The quantitative estimate of drug-likeness (QED) is 0.334. The Balaban J connectivity index is 1.60. The van der Waals surface area contributed by atoms with Crippen LogP contribution in [0.15, 0.2) is 42.5 Å². The van der Waals surface area contributed by atoms with Crippen molar-refractivity contribution in [1.29, 1.82) is 0 Å². The number of nitrogens with one attached hydrogen (secondary N) is 4. The number of hydrogen-bond donors (Lipinski definition) is 5. The summed E-state index contributed by atoms with van der Waals surface area (Å²) in [5.41, 5.74) is 11.4. The summed E-state index contributed by atoms with van der Waals surface area (Å²) >= 11 is 0. The second kappa shape index (κ2) is 9.81. The summed E-state index contributed by atoms with van der Waals surface area (Å²) in [7, 11) is 3.52. The number of aromatic amines is 1. The number of rotatable bonds is 10. The van der Waals surface area contributed by atoms with Gasteiger partial charge in [-0.1, -0.05) is 12.1 Å². The van der Waals surface area contributed by atoms with Gasteiger partial charge in [-0.15, -0.1) is 0 Å². The van der Waals surface area contributed by atoms with Crippen LogP contribution in [0.2, 0.25) is 0 Å². The maximum absolute atomic E-state index is 11.7. The molecule has 1 heterocycles. The van der Waals surface area contributed by atoms with E-state index < -0.39 is 0 Å². The van der Waals surface area contributed by atoms with Crippen molar-refractivity contribution in [3.63, 3.8) is 0 Å². The van der Waals surface area contributed by atoms with E-state index in [0.717, 1.165) is 33.6 Å². The van der Waals surface area contributed by atoms with Crippen LogP contribution in [0.1, 0.15) is 11.1 Å². The highest BCUT2D eigenvalue weighted by Crippen LogP contribution is 2.29. The summed E-state index contributed by atoms with van der Waals surface area (Å²) in [6.45, 7) is 1.41. The number of ether oxygens (including phenoxy) is 1. The van der Waals surface area contributed by atoms with Crippen LogP contribution < -0.4 is 31.4 Å². The fourth-order valence-electron chi connectivity index (χ4n) is 3.08. The maximum atomic E-state index is 11.7. The first-order chi connectivity index (χ1) is 14.1. The van der Waals surface area contributed by atoms with E-state index in [9.17, 15) is 4.79 Å². The van der Waals surface area contributed by atoms with Crippen LogP contribution in [-0.2, 0) is 17.8 Å². The molecule has 0 bridgehead atoms. The smallest absolute Gasteiger partial charge is 0.224 e. The zero-order chi connectivity index (χ0) is 20.6. The molecule has 2 aromatic carbocycles. The van der Waals surface area contributed by atoms with Crippen molar-refractivity contribution in [3.8, 4) is 11.5 Å². The molecule has 0 aliphatic rings. The molecule has 0 fully saturated rings. The number of nitrogens with two attached hydrogens (primary N) is 1. The molecule has 0 aliphatic heterocycles. The summed E-state index contributed by atoms with van der Waals surface area (Å²) < 4.78 is 5.33. The van der Waals surface area contributed by atoms with Crippen LogP contribution >= 0.6 is 0 Å². The SMILES string of the molecule is CNc1[nH]c2ccc(OC)cc2c1CNOc1ccc(CC(=O)NCCN)cc1. The Kier molecular flexibility index (Phi) is 6.94. The highest BCUT2D eigenvalue weighted by molar-refractivity contribution is 5.89. The summed E-state index contributed by atoms with van der Waals surface area (Å²) in [6, 6.07) is 13.3. The number of carbonyl (C=O) groups is 1. The Morgan fingerprint density at radius 3 is 2.59 bits per heavy atom. The molecule has 0 spiro atoms. The first-order valence-electron chi connectivity index (χ1n) is 9.46. The van der Waals surface area contributed by atoms with Crippen LogP contribution in [0.5, 0.6) is 11.5 Å². The largest absolute Gasteiger partial charge is 0.497 e. The molecule has 1 amide bonds. The van der Waals surface area contributed by atoms with Gasteiger partial charge < -0.3 is 30.9 Å². The topological polar surface area (TPSA) is 113 Å². The van der Waals surface area contributed by atoms with Crippen LogP contribution in [0.4, 0.5) is 5.82 Å². The zero-order valence-corrected chi connectivity index (χ0v) is 16.7. The van der Waals surface area contributed by atoms with Crippen LogP contribution in [0, 0.1) is 0 Å². The average Bonchev–Trinajstić information content (AvgIpc) is 3.10. The van der Waals surface area contributed by atoms with Crippen molar-refractivity contribution in [3.05, 3.63) is 53.6 Å². The van der Waals surface area contributed by atoms with Gasteiger partial charge in [0, 0.05) is 36.6 Å². The number of anilines is 1. The summed E-state index contributed by atoms with van der Waals surface area (Å²) in [6.07, 6.45) is 0.316. The van der Waals surface area contributed by atoms with Crippen molar-refractivity contribution in [2.24, 2.45) is 5.73 Å². The fraction of sp³-hybridized carbons (Fsp3) is 0.286. The number of carbonyl (C=O) groups excluding carboxylic acids is 1. The Labute approximate surface area is 169 Å². The van der Waals surface area contributed by atoms with Gasteiger partial charge in [0.05, 0.1) is 20.1 Å². The monoisotopic (exact) mass is 397 g/mol. The maximum Gasteiger partial charge on any atom is 0.224 e. The van der Waals surface area contributed by atoms with E-state index in [1.54, 1.807) is 7.11 Å². The van der Waals surface area contributed by atoms with Crippen molar-refractivity contribution < 1.29 is 14.4 Å². The molecule has 0 unspecified atom stereocenters. The molecular formula is C21H27N5O3. The molecule has 0 aliphatic carbocycles. The van der Waals surface area contributed by atoms with Gasteiger partial charge in [0.2, 0.25) is 5.91 Å². The number of methoxy groups -OCH3 is 1. The zero-order valence-electron chi connectivity index (χ0n) is 16.7. The predicted octanol–water partition coefficient (Wildman–Crippen LogP) is 1.92. The van der Waals surface area contributed by atoms with Crippen LogP contribution in [0.3, 0.4) is 0 Å². The van der Waals surface area contributed by atoms with E-state index >= 15 is 0 Å². The van der Waals surface area contributed by atoms with Crippen molar-refractivity contribution in [2.45, 2.75) is 13.0 Å². The lowest BCUT2D eigenvalue weighted by molar-refractivity contribution is -0.120. The van der Waals surface area contributed by atoms with Crippen molar-refractivity contribution in [2.75, 3.05) is 32.6 Å². The van der Waals surface area contributed by atoms with E-state index in [1.807, 2.05) is 49.5 Å². The third-order valence-corrected chi connectivity index (χ3v) is 4.56. The third kappa shape index (κ3) is 5.18. The minimum absolute atomic E-state index is 0.0448. The van der Waals surface area contributed by atoms with Crippen molar-refractivity contribution in [1.82, 2.24) is 15.8 Å². The van der Waals surface area contributed by atoms with Gasteiger partial charge in [-0.25, -0.2) is 0 Å². The van der Waals surface area contributed by atoms with E-state index in [0.29, 0.717) is 31.8 Å². The Hall–Kier alpha value is -3.23. The molecule has 154 valence electrons. The molecule has 0 saturated heterocycles. The predicted molar refractivity (Wildman–Crippen MR) is 114 cm³/mol. The minimum atomic E-state index is -0.0448. The average molecular weight is 397 g/mol. The Morgan fingerprint density at radius 1 is 1.14 bits per heavy atom. The van der Waals surface area contributed by atoms with E-state index in [1.165, 1.54) is 0 Å². The van der Waals surface area contributed by atoms with Crippen molar-refractivity contribution >= 4 is 22.6 Å². The van der Waals surface area contributed by atoms with Gasteiger partial charge in [-0.05, 0) is 35.9 Å². The summed E-state index contributed by atoms with van der Waals surface area (Å²) in [5.74, 6) is 2.34. The number of aromatic nitrogens is 1. The van der Waals surface area contributed by atoms with Gasteiger partial charge in [0.1, 0.15) is 17.3 Å². The standard InChI is InChI=1S/C21H27N5O3/c1-23-21-18(17-12-16(28-2)7-8-19(17)26-21)13-25-29-15-5-3-14(4-6-15)11-20(27)24-10-9-22/h3-8,12,23,25-26H,9-11,13,22H2,1-2H3,(H,24,27). The van der Waals surface area contributed by atoms with E-state index in [4.69, 9.17) is 15.3 Å². The van der Waals surface area contributed by atoms with Crippen LogP contribution in [0.25, 0.3) is 10.9 Å². The molecular weight excluding hydrogens is 370 g/mol. The van der Waals surface area contributed by atoms with Gasteiger partial charge in [0.15, 0.2) is 0 Å². The number of H-pyrrole nitrogens is 1. The number of hydrogen-bond acceptors (Lipinski definition) is 6. The third-order valence-electron chi connectivity index (χ3n) is 4.56. The summed E-state index contributed by atoms with van der Waals surface area (Å²) in [5, 5.41) is 6.99. The molecule has 0 atom stereocenters. The molecule has 6 N–H and O–H groups in total. The van der Waals surface area contributed by atoms with Gasteiger partial charge >= 0.3 is 0 Å². The second-order valence-corrected chi connectivity index (χ2v) is 6.52. The Bertz CT molecular complexity index is 953. The van der Waals surface area contributed by atoms with E-state index in [2.05, 4.69) is 21.1 Å². The number of fused-ring (bicyclic) bond motifs is 1. The van der Waals surface area contributed by atoms with E-state index in [-0.39, 0.29) is 5.91 Å². The highest BCUT2D eigenvalue weighted by Gasteiger charge is 2.12. The number of amides is 1. The summed E-state index contributed by atoms with van der Waals surface area (Å²) in [4.78, 5) is 20.8. The lowest BCUT2D eigenvalue weighted by Gasteiger charge is -2.09. The number of benzene rings is 2. The molecule has 3 rings (SSSR count). The minimum Gasteiger partial charge on any atom is -0.497 e. The molecule has 3 aromatic rings. The van der Waals surface area contributed by atoms with Gasteiger partial charge in [-0.3, -0.25) is 4.79 Å². The first kappa shape index (κ1) is 20.5. The number of hydroxylamine groups is 1. The Morgan fingerprint density at radius 2 is 1.90 bits per heavy atom.